The molecule has 2 aliphatic rings. The molecule has 6 heteroatoms. The lowest BCUT2D eigenvalue weighted by Gasteiger charge is -2.26. The molecule has 2 heterocycles. The van der Waals surface area contributed by atoms with Gasteiger partial charge < -0.3 is 9.88 Å². The van der Waals surface area contributed by atoms with E-state index < -0.39 is 11.6 Å². The molecule has 1 aromatic heterocycles. The van der Waals surface area contributed by atoms with Gasteiger partial charge in [-0.25, -0.2) is 13.8 Å². The Balaban J connectivity index is 1.61. The van der Waals surface area contributed by atoms with E-state index in [0.717, 1.165) is 66.8 Å². The first-order chi connectivity index (χ1) is 16.5. The number of halogens is 2. The molecule has 5 rings (SSSR count). The summed E-state index contributed by atoms with van der Waals surface area (Å²) in [5.74, 6) is -1.17. The number of H-pyrrole nitrogens is 1. The van der Waals surface area contributed by atoms with Crippen LogP contribution >= 0.6 is 0 Å². The summed E-state index contributed by atoms with van der Waals surface area (Å²) in [5.41, 5.74) is 6.92. The van der Waals surface area contributed by atoms with Gasteiger partial charge in [-0.05, 0) is 55.2 Å². The third-order valence-corrected chi connectivity index (χ3v) is 6.46. The lowest BCUT2D eigenvalue weighted by Crippen LogP contribution is -2.27. The number of piperidine rings is 1. The van der Waals surface area contributed by atoms with Gasteiger partial charge in [-0.15, -0.1) is 0 Å². The van der Waals surface area contributed by atoms with Crippen LogP contribution in [0.3, 0.4) is 0 Å². The highest BCUT2D eigenvalue weighted by Crippen LogP contribution is 2.35. The normalized spacial score (nSPS) is 16.7. The van der Waals surface area contributed by atoms with Crippen LogP contribution in [0.4, 0.5) is 8.78 Å². The minimum atomic E-state index is -0.903. The van der Waals surface area contributed by atoms with Crippen molar-refractivity contribution in [3.8, 4) is 6.07 Å². The van der Waals surface area contributed by atoms with Crippen LogP contribution in [0.15, 0.2) is 71.8 Å². The number of benzene rings is 2. The highest BCUT2D eigenvalue weighted by Gasteiger charge is 2.21. The van der Waals surface area contributed by atoms with E-state index in [9.17, 15) is 14.0 Å². The molecule has 0 bridgehead atoms. The van der Waals surface area contributed by atoms with Gasteiger partial charge in [0.2, 0.25) is 0 Å². The number of hydrogen-bond acceptors (Lipinski definition) is 3. The minimum absolute atomic E-state index is 0.405. The number of likely N-dealkylation sites (tertiary alicyclic amines) is 1. The van der Waals surface area contributed by atoms with Crippen LogP contribution in [0.2, 0.25) is 0 Å². The smallest absolute Gasteiger partial charge is 0.161 e. The van der Waals surface area contributed by atoms with Crippen molar-refractivity contribution in [3.05, 3.63) is 100 Å². The standard InChI is InChI=1S/C28H24F2N4/c1-34-12-10-21(11-13-34)27(28-32-25-15-23(29)24(30)16-26(25)33-28)20-6-3-5-19(8-9-20)22-7-2-4-18(14-22)17-31/h2-4,6-9,14-16H,5,10-13H2,1H3,(H,32,33). The Morgan fingerprint density at radius 3 is 2.68 bits per heavy atom. The highest BCUT2D eigenvalue weighted by molar-refractivity contribution is 5.87. The van der Waals surface area contributed by atoms with E-state index in [1.165, 1.54) is 5.57 Å². The van der Waals surface area contributed by atoms with Crippen molar-refractivity contribution in [1.29, 1.82) is 5.26 Å². The quantitative estimate of drug-likeness (QED) is 0.516. The molecule has 170 valence electrons. The molecule has 0 radical (unpaired) electrons. The zero-order chi connectivity index (χ0) is 23.7. The van der Waals surface area contributed by atoms with Gasteiger partial charge in [-0.2, -0.15) is 5.26 Å². The molecule has 3 aromatic rings. The van der Waals surface area contributed by atoms with Gasteiger partial charge >= 0.3 is 0 Å². The van der Waals surface area contributed by atoms with E-state index >= 15 is 0 Å². The number of aromatic nitrogens is 2. The second-order valence-corrected chi connectivity index (χ2v) is 8.76. The van der Waals surface area contributed by atoms with Gasteiger partial charge in [0, 0.05) is 30.8 Å². The average molecular weight is 455 g/mol. The number of fused-ring (bicyclic) bond motifs is 1. The summed E-state index contributed by atoms with van der Waals surface area (Å²) >= 11 is 0. The Kier molecular flexibility index (Phi) is 5.95. The van der Waals surface area contributed by atoms with Crippen molar-refractivity contribution in [2.24, 2.45) is 0 Å². The molecule has 0 amide bonds. The number of allylic oxidation sites excluding steroid dienone is 7. The molecule has 4 nitrogen and oxygen atoms in total. The highest BCUT2D eigenvalue weighted by atomic mass is 19.2. The molecule has 1 aliphatic carbocycles. The number of nitrogens with zero attached hydrogens (tertiary/aromatic N) is 3. The van der Waals surface area contributed by atoms with Gasteiger partial charge in [0.1, 0.15) is 5.82 Å². The molecule has 1 saturated heterocycles. The Bertz CT molecular complexity index is 1380. The van der Waals surface area contributed by atoms with Gasteiger partial charge in [-0.1, -0.05) is 42.0 Å². The van der Waals surface area contributed by atoms with Gasteiger partial charge in [0.25, 0.3) is 0 Å². The molecule has 1 aliphatic heterocycles. The van der Waals surface area contributed by atoms with Crippen LogP contribution in [0, 0.1) is 23.0 Å². The Labute approximate surface area is 197 Å². The number of aromatic amines is 1. The maximum Gasteiger partial charge on any atom is 0.161 e. The number of hydrogen-bond donors (Lipinski definition) is 1. The van der Waals surface area contributed by atoms with Crippen molar-refractivity contribution in [3.63, 3.8) is 0 Å². The first-order valence-corrected chi connectivity index (χ1v) is 11.4. The molecule has 0 unspecified atom stereocenters. The minimum Gasteiger partial charge on any atom is -0.338 e. The van der Waals surface area contributed by atoms with Crippen molar-refractivity contribution in [1.82, 2.24) is 14.9 Å². The molecule has 1 fully saturated rings. The van der Waals surface area contributed by atoms with Gasteiger partial charge in [0.05, 0.1) is 22.7 Å². The van der Waals surface area contributed by atoms with Gasteiger partial charge in [0.15, 0.2) is 11.6 Å². The molecular weight excluding hydrogens is 430 g/mol. The van der Waals surface area contributed by atoms with Crippen LogP contribution in [0.5, 0.6) is 0 Å². The van der Waals surface area contributed by atoms with Crippen LogP contribution in [-0.2, 0) is 0 Å². The molecule has 2 aromatic carbocycles. The number of rotatable bonds is 3. The number of nitrogens with one attached hydrogen (secondary N) is 1. The first kappa shape index (κ1) is 22.0. The average Bonchev–Trinajstić information content (AvgIpc) is 3.08. The number of nitriles is 1. The fourth-order valence-corrected chi connectivity index (χ4v) is 4.57. The maximum atomic E-state index is 13.8. The monoisotopic (exact) mass is 454 g/mol. The fraction of sp³-hybridized carbons (Fsp3) is 0.214. The molecule has 0 spiro atoms. The summed E-state index contributed by atoms with van der Waals surface area (Å²) < 4.78 is 27.7. The van der Waals surface area contributed by atoms with E-state index in [1.54, 1.807) is 6.07 Å². The topological polar surface area (TPSA) is 55.7 Å². The molecule has 34 heavy (non-hydrogen) atoms. The van der Waals surface area contributed by atoms with Crippen LogP contribution in [0.25, 0.3) is 22.2 Å². The zero-order valence-corrected chi connectivity index (χ0v) is 18.9. The lowest BCUT2D eigenvalue weighted by atomic mass is 9.92. The van der Waals surface area contributed by atoms with Crippen LogP contribution in [-0.4, -0.2) is 35.0 Å². The van der Waals surface area contributed by atoms with Crippen LogP contribution in [0.1, 0.15) is 36.2 Å². The van der Waals surface area contributed by atoms with E-state index in [0.29, 0.717) is 22.4 Å². The Hall–Kier alpha value is -3.82. The van der Waals surface area contributed by atoms with E-state index in [1.807, 2.05) is 18.2 Å². The summed E-state index contributed by atoms with van der Waals surface area (Å²) in [7, 11) is 2.11. The summed E-state index contributed by atoms with van der Waals surface area (Å²) in [6.45, 7) is 1.89. The summed E-state index contributed by atoms with van der Waals surface area (Å²) in [6.07, 6.45) is 10.9. The van der Waals surface area contributed by atoms with Gasteiger partial charge in [-0.3, -0.25) is 0 Å². The van der Waals surface area contributed by atoms with E-state index in [-0.39, 0.29) is 0 Å². The third kappa shape index (κ3) is 4.35. The first-order valence-electron chi connectivity index (χ1n) is 11.4. The van der Waals surface area contributed by atoms with Crippen molar-refractivity contribution in [2.45, 2.75) is 19.3 Å². The van der Waals surface area contributed by atoms with Crippen molar-refractivity contribution < 1.29 is 8.78 Å². The van der Waals surface area contributed by atoms with E-state index in [4.69, 9.17) is 0 Å². The van der Waals surface area contributed by atoms with E-state index in [2.05, 4.69) is 52.3 Å². The number of imidazole rings is 1. The molecule has 1 N–H and O–H groups in total. The summed E-state index contributed by atoms with van der Waals surface area (Å²) in [5, 5.41) is 9.25. The van der Waals surface area contributed by atoms with Crippen molar-refractivity contribution >= 4 is 22.2 Å². The molecular formula is C28H24F2N4. The Morgan fingerprint density at radius 2 is 1.88 bits per heavy atom. The third-order valence-electron chi connectivity index (χ3n) is 6.46. The fourth-order valence-electron chi connectivity index (χ4n) is 4.57. The van der Waals surface area contributed by atoms with Crippen molar-refractivity contribution in [2.75, 3.05) is 20.1 Å². The Morgan fingerprint density at radius 1 is 1.09 bits per heavy atom. The predicted molar refractivity (Wildman–Crippen MR) is 131 cm³/mol. The predicted octanol–water partition coefficient (Wildman–Crippen LogP) is 6.16. The second-order valence-electron chi connectivity index (χ2n) is 8.76. The van der Waals surface area contributed by atoms with Crippen LogP contribution < -0.4 is 0 Å². The largest absolute Gasteiger partial charge is 0.338 e. The lowest BCUT2D eigenvalue weighted by molar-refractivity contribution is 0.313. The zero-order valence-electron chi connectivity index (χ0n) is 18.9. The second kappa shape index (κ2) is 9.20. The summed E-state index contributed by atoms with van der Waals surface area (Å²) in [6, 6.07) is 12.1. The molecule has 0 saturated carbocycles. The maximum absolute atomic E-state index is 13.8. The molecule has 0 atom stereocenters. The summed E-state index contributed by atoms with van der Waals surface area (Å²) in [4.78, 5) is 10.2. The SMILES string of the molecule is CN1CCC(=C(C2=CC=C(c3cccc(C#N)c3)CC=C2)c2nc3cc(F)c(F)cc3[nH]2)CC1.